The van der Waals surface area contributed by atoms with Gasteiger partial charge >= 0.3 is 0 Å². The molecular weight excluding hydrogens is 479 g/mol. The summed E-state index contributed by atoms with van der Waals surface area (Å²) in [5.41, 5.74) is 1.29. The van der Waals surface area contributed by atoms with Gasteiger partial charge in [-0.05, 0) is 62.4 Å². The van der Waals surface area contributed by atoms with E-state index in [0.717, 1.165) is 57.0 Å². The third kappa shape index (κ3) is 7.61. The maximum absolute atomic E-state index is 5.78. The van der Waals surface area contributed by atoms with Crippen LogP contribution in [0.2, 0.25) is 0 Å². The number of nitrogens with one attached hydrogen (secondary N) is 1. The monoisotopic (exact) mass is 516 g/mol. The third-order valence-electron chi connectivity index (χ3n) is 5.71. The first-order chi connectivity index (χ1) is 13.7. The lowest BCUT2D eigenvalue weighted by Gasteiger charge is -2.30. The first kappa shape index (κ1) is 24.2. The highest BCUT2D eigenvalue weighted by atomic mass is 127. The predicted octanol–water partition coefficient (Wildman–Crippen LogP) is 3.38. The fraction of sp³-hybridized carbons (Fsp3) is 0.682. The number of hydrogen-bond acceptors (Lipinski definition) is 4. The van der Waals surface area contributed by atoms with Crippen molar-refractivity contribution in [1.82, 2.24) is 15.1 Å². The molecule has 3 rings (SSSR count). The van der Waals surface area contributed by atoms with Crippen LogP contribution in [0.5, 0.6) is 5.75 Å². The summed E-state index contributed by atoms with van der Waals surface area (Å²) in [4.78, 5) is 9.19. The zero-order chi connectivity index (χ0) is 19.8. The normalized spacial score (nSPS) is 18.2. The fourth-order valence-corrected chi connectivity index (χ4v) is 3.77. The average Bonchev–Trinajstić information content (AvgIpc) is 3.40. The Labute approximate surface area is 193 Å². The molecule has 1 N–H and O–H groups in total. The molecule has 1 aromatic rings. The van der Waals surface area contributed by atoms with Gasteiger partial charge in [-0.1, -0.05) is 12.1 Å². The number of likely N-dealkylation sites (tertiary alicyclic amines) is 1. The Balaban J connectivity index is 0.00000300. The van der Waals surface area contributed by atoms with Crippen LogP contribution in [0.4, 0.5) is 0 Å². The van der Waals surface area contributed by atoms with E-state index in [4.69, 9.17) is 9.47 Å². The molecule has 1 unspecified atom stereocenters. The minimum absolute atomic E-state index is 0. The molecule has 2 fully saturated rings. The van der Waals surface area contributed by atoms with E-state index in [9.17, 15) is 0 Å². The van der Waals surface area contributed by atoms with Crippen molar-refractivity contribution >= 4 is 29.9 Å². The summed E-state index contributed by atoms with van der Waals surface area (Å²) in [6, 6.07) is 8.75. The van der Waals surface area contributed by atoms with E-state index >= 15 is 0 Å². The molecule has 0 bridgehead atoms. The first-order valence-electron chi connectivity index (χ1n) is 10.6. The molecule has 29 heavy (non-hydrogen) atoms. The van der Waals surface area contributed by atoms with Gasteiger partial charge in [-0.15, -0.1) is 24.0 Å². The third-order valence-corrected chi connectivity index (χ3v) is 5.71. The summed E-state index contributed by atoms with van der Waals surface area (Å²) in [5.74, 6) is 2.64. The number of likely N-dealkylation sites (N-methyl/N-ethyl adjacent to an activating group) is 1. The number of halogens is 1. The molecule has 0 radical (unpaired) electrons. The van der Waals surface area contributed by atoms with E-state index in [1.807, 2.05) is 13.1 Å². The van der Waals surface area contributed by atoms with Crippen LogP contribution in [-0.4, -0.2) is 76.4 Å². The molecule has 1 aliphatic heterocycles. The molecule has 1 heterocycles. The lowest BCUT2D eigenvalue weighted by molar-refractivity contribution is 0.115. The number of nitrogens with zero attached hydrogens (tertiary/aromatic N) is 3. The Morgan fingerprint density at radius 2 is 2.07 bits per heavy atom. The van der Waals surface area contributed by atoms with E-state index in [0.29, 0.717) is 6.04 Å². The van der Waals surface area contributed by atoms with Crippen LogP contribution < -0.4 is 10.1 Å². The SMILES string of the molecule is CN=C(NCC(c1cccc(OC)c1)N1CCCC1)N(C)CCOCC1CC1.I. The van der Waals surface area contributed by atoms with E-state index in [-0.39, 0.29) is 24.0 Å². The van der Waals surface area contributed by atoms with Gasteiger partial charge in [0.1, 0.15) is 5.75 Å². The van der Waals surface area contributed by atoms with Crippen LogP contribution in [0.3, 0.4) is 0 Å². The van der Waals surface area contributed by atoms with Gasteiger partial charge in [0.05, 0.1) is 19.8 Å². The lowest BCUT2D eigenvalue weighted by atomic mass is 10.1. The summed E-state index contributed by atoms with van der Waals surface area (Å²) in [7, 11) is 5.65. The number of aliphatic imine (C=N–C) groups is 1. The smallest absolute Gasteiger partial charge is 0.193 e. The second kappa shape index (κ2) is 12.6. The maximum atomic E-state index is 5.78. The molecule has 1 aromatic carbocycles. The number of methoxy groups -OCH3 is 1. The van der Waals surface area contributed by atoms with Crippen LogP contribution in [-0.2, 0) is 4.74 Å². The number of rotatable bonds is 10. The predicted molar refractivity (Wildman–Crippen MR) is 129 cm³/mol. The minimum Gasteiger partial charge on any atom is -0.497 e. The Kier molecular flexibility index (Phi) is 10.5. The summed E-state index contributed by atoms with van der Waals surface area (Å²) < 4.78 is 11.2. The lowest BCUT2D eigenvalue weighted by Crippen LogP contribution is -2.44. The second-order valence-electron chi connectivity index (χ2n) is 7.90. The van der Waals surface area contributed by atoms with Crippen molar-refractivity contribution < 1.29 is 9.47 Å². The highest BCUT2D eigenvalue weighted by Gasteiger charge is 2.24. The molecule has 0 amide bonds. The van der Waals surface area contributed by atoms with E-state index < -0.39 is 0 Å². The highest BCUT2D eigenvalue weighted by molar-refractivity contribution is 14.0. The quantitative estimate of drug-likeness (QED) is 0.224. The van der Waals surface area contributed by atoms with Gasteiger partial charge in [-0.3, -0.25) is 9.89 Å². The van der Waals surface area contributed by atoms with Gasteiger partial charge in [-0.25, -0.2) is 0 Å². The van der Waals surface area contributed by atoms with Crippen LogP contribution in [0.15, 0.2) is 29.3 Å². The fourth-order valence-electron chi connectivity index (χ4n) is 3.77. The summed E-state index contributed by atoms with van der Waals surface area (Å²) in [6.45, 7) is 5.62. The van der Waals surface area contributed by atoms with Crippen molar-refractivity contribution in [3.63, 3.8) is 0 Å². The summed E-state index contributed by atoms with van der Waals surface area (Å²) in [5, 5.41) is 3.58. The van der Waals surface area contributed by atoms with E-state index in [1.165, 1.54) is 31.2 Å². The topological polar surface area (TPSA) is 49.3 Å². The van der Waals surface area contributed by atoms with E-state index in [2.05, 4.69) is 45.4 Å². The second-order valence-corrected chi connectivity index (χ2v) is 7.90. The van der Waals surface area contributed by atoms with Gasteiger partial charge in [0.25, 0.3) is 0 Å². The van der Waals surface area contributed by atoms with Gasteiger partial charge in [0.2, 0.25) is 0 Å². The van der Waals surface area contributed by atoms with Crippen LogP contribution in [0, 0.1) is 5.92 Å². The van der Waals surface area contributed by atoms with Crippen molar-refractivity contribution in [2.24, 2.45) is 10.9 Å². The molecule has 0 aromatic heterocycles. The Bertz CT molecular complexity index is 633. The van der Waals surface area contributed by atoms with Crippen LogP contribution in [0.25, 0.3) is 0 Å². The minimum atomic E-state index is 0. The molecule has 1 saturated carbocycles. The average molecular weight is 516 g/mol. The molecule has 6 nitrogen and oxygen atoms in total. The molecule has 164 valence electrons. The van der Waals surface area contributed by atoms with Crippen molar-refractivity contribution in [3.05, 3.63) is 29.8 Å². The zero-order valence-electron chi connectivity index (χ0n) is 18.1. The number of hydrogen-bond donors (Lipinski definition) is 1. The van der Waals surface area contributed by atoms with Gasteiger partial charge in [-0.2, -0.15) is 0 Å². The Morgan fingerprint density at radius 3 is 2.72 bits per heavy atom. The van der Waals surface area contributed by atoms with Crippen LogP contribution in [0.1, 0.15) is 37.3 Å². The maximum Gasteiger partial charge on any atom is 0.193 e. The number of guanidine groups is 1. The van der Waals surface area contributed by atoms with E-state index in [1.54, 1.807) is 7.11 Å². The number of benzene rings is 1. The van der Waals surface area contributed by atoms with Gasteiger partial charge in [0.15, 0.2) is 5.96 Å². The van der Waals surface area contributed by atoms with Gasteiger partial charge < -0.3 is 19.7 Å². The molecule has 1 saturated heterocycles. The Morgan fingerprint density at radius 1 is 1.31 bits per heavy atom. The summed E-state index contributed by atoms with van der Waals surface area (Å²) >= 11 is 0. The van der Waals surface area contributed by atoms with Crippen LogP contribution >= 0.6 is 24.0 Å². The Hall–Kier alpha value is -1.06. The van der Waals surface area contributed by atoms with Crippen molar-refractivity contribution in [1.29, 1.82) is 0 Å². The van der Waals surface area contributed by atoms with Crippen molar-refractivity contribution in [2.75, 3.05) is 60.6 Å². The standard InChI is InChI=1S/C22H36N4O2.HI/c1-23-22(25(2)13-14-28-17-18-9-10-18)24-16-21(26-11-4-5-12-26)19-7-6-8-20(15-19)27-3;/h6-8,15,18,21H,4-5,9-14,16-17H2,1-3H3,(H,23,24);1H. The molecule has 1 atom stereocenters. The molecule has 0 spiro atoms. The highest BCUT2D eigenvalue weighted by Crippen LogP contribution is 2.29. The largest absolute Gasteiger partial charge is 0.497 e. The first-order valence-corrected chi connectivity index (χ1v) is 10.6. The van der Waals surface area contributed by atoms with Crippen molar-refractivity contribution in [2.45, 2.75) is 31.7 Å². The number of ether oxygens (including phenoxy) is 2. The molecule has 7 heteroatoms. The zero-order valence-corrected chi connectivity index (χ0v) is 20.4. The molecule has 2 aliphatic rings. The van der Waals surface area contributed by atoms with Crippen molar-refractivity contribution in [3.8, 4) is 5.75 Å². The summed E-state index contributed by atoms with van der Waals surface area (Å²) in [6.07, 6.45) is 5.21. The molecule has 1 aliphatic carbocycles. The molecular formula is C22H37IN4O2. The van der Waals surface area contributed by atoms with Gasteiger partial charge in [0, 0.05) is 33.8 Å².